The van der Waals surface area contributed by atoms with E-state index < -0.39 is 0 Å². The van der Waals surface area contributed by atoms with Gasteiger partial charge in [-0.2, -0.15) is 0 Å². The Balaban J connectivity index is 1.65. The molecular formula is C21H32N4O2. The average molecular weight is 373 g/mol. The van der Waals surface area contributed by atoms with Gasteiger partial charge in [0.1, 0.15) is 0 Å². The lowest BCUT2D eigenvalue weighted by molar-refractivity contribution is -0.134. The number of likely N-dealkylation sites (tertiary alicyclic amines) is 1. The highest BCUT2D eigenvalue weighted by Crippen LogP contribution is 2.28. The number of piperidine rings is 1. The molecule has 1 N–H and O–H groups in total. The number of benzene rings is 1. The molecule has 2 amide bonds. The average Bonchev–Trinajstić information content (AvgIpc) is 2.73. The summed E-state index contributed by atoms with van der Waals surface area (Å²) in [6.45, 7) is 10.5. The second-order valence-electron chi connectivity index (χ2n) is 7.46. The maximum Gasteiger partial charge on any atom is 0.229 e. The van der Waals surface area contributed by atoms with E-state index in [-0.39, 0.29) is 17.7 Å². The van der Waals surface area contributed by atoms with Crippen molar-refractivity contribution in [2.24, 2.45) is 5.92 Å². The molecule has 2 heterocycles. The summed E-state index contributed by atoms with van der Waals surface area (Å²) in [4.78, 5) is 31.5. The van der Waals surface area contributed by atoms with Gasteiger partial charge in [0, 0.05) is 45.7 Å². The number of carbonyl (C=O) groups excluding carboxylic acids is 2. The van der Waals surface area contributed by atoms with Crippen LogP contribution in [-0.2, 0) is 9.59 Å². The summed E-state index contributed by atoms with van der Waals surface area (Å²) in [5.41, 5.74) is 1.98. The van der Waals surface area contributed by atoms with Crippen molar-refractivity contribution in [3.63, 3.8) is 0 Å². The molecule has 148 valence electrons. The van der Waals surface area contributed by atoms with Gasteiger partial charge >= 0.3 is 0 Å². The van der Waals surface area contributed by atoms with Crippen LogP contribution in [0.3, 0.4) is 0 Å². The quantitative estimate of drug-likeness (QED) is 0.862. The minimum absolute atomic E-state index is 0.0308. The Bertz CT molecular complexity index is 655. The summed E-state index contributed by atoms with van der Waals surface area (Å²) in [6.07, 6.45) is 2.24. The number of para-hydroxylation sites is 2. The van der Waals surface area contributed by atoms with E-state index in [1.54, 1.807) is 0 Å². The molecule has 2 saturated heterocycles. The molecule has 0 spiro atoms. The normalized spacial score (nSPS) is 21.2. The van der Waals surface area contributed by atoms with Crippen molar-refractivity contribution in [3.8, 4) is 0 Å². The van der Waals surface area contributed by atoms with E-state index in [0.29, 0.717) is 13.0 Å². The fraction of sp³-hybridized carbons (Fsp3) is 0.619. The molecule has 1 unspecified atom stereocenters. The molecule has 1 aromatic carbocycles. The Morgan fingerprint density at radius 2 is 1.81 bits per heavy atom. The summed E-state index contributed by atoms with van der Waals surface area (Å²) in [6, 6.07) is 8.07. The van der Waals surface area contributed by atoms with E-state index in [0.717, 1.165) is 63.5 Å². The number of nitrogens with zero attached hydrogens (tertiary/aromatic N) is 3. The minimum atomic E-state index is -0.126. The van der Waals surface area contributed by atoms with Gasteiger partial charge in [-0.05, 0) is 31.5 Å². The van der Waals surface area contributed by atoms with Crippen molar-refractivity contribution < 1.29 is 9.59 Å². The van der Waals surface area contributed by atoms with Crippen molar-refractivity contribution in [3.05, 3.63) is 24.3 Å². The number of likely N-dealkylation sites (N-methyl/N-ethyl adjacent to an activating group) is 1. The molecule has 0 aliphatic carbocycles. The van der Waals surface area contributed by atoms with Crippen LogP contribution in [0.2, 0.25) is 0 Å². The number of hydrogen-bond acceptors (Lipinski definition) is 4. The molecule has 27 heavy (non-hydrogen) atoms. The zero-order valence-corrected chi connectivity index (χ0v) is 16.6. The number of piperazine rings is 1. The third-order valence-corrected chi connectivity index (χ3v) is 5.77. The zero-order chi connectivity index (χ0) is 19.2. The van der Waals surface area contributed by atoms with Crippen LogP contribution in [0.5, 0.6) is 0 Å². The minimum Gasteiger partial charge on any atom is -0.367 e. The fourth-order valence-electron chi connectivity index (χ4n) is 4.04. The van der Waals surface area contributed by atoms with Crippen LogP contribution in [-0.4, -0.2) is 67.4 Å². The predicted octanol–water partition coefficient (Wildman–Crippen LogP) is 2.42. The van der Waals surface area contributed by atoms with E-state index in [9.17, 15) is 9.59 Å². The topological polar surface area (TPSA) is 55.9 Å². The van der Waals surface area contributed by atoms with Crippen molar-refractivity contribution in [1.29, 1.82) is 0 Å². The third kappa shape index (κ3) is 4.80. The first-order valence-electron chi connectivity index (χ1n) is 10.3. The molecule has 6 heteroatoms. The maximum absolute atomic E-state index is 12.9. The van der Waals surface area contributed by atoms with E-state index in [1.807, 2.05) is 30.0 Å². The van der Waals surface area contributed by atoms with Gasteiger partial charge in [0.05, 0.1) is 17.3 Å². The molecule has 3 rings (SSSR count). The number of nitrogens with one attached hydrogen (secondary N) is 1. The molecular weight excluding hydrogens is 340 g/mol. The Hall–Kier alpha value is -2.08. The maximum atomic E-state index is 12.9. The van der Waals surface area contributed by atoms with Crippen LogP contribution in [0.1, 0.15) is 33.1 Å². The highest BCUT2D eigenvalue weighted by Gasteiger charge is 2.28. The van der Waals surface area contributed by atoms with Crippen molar-refractivity contribution in [2.45, 2.75) is 33.1 Å². The molecule has 0 aromatic heterocycles. The van der Waals surface area contributed by atoms with Gasteiger partial charge in [-0.1, -0.05) is 26.0 Å². The largest absolute Gasteiger partial charge is 0.367 e. The summed E-state index contributed by atoms with van der Waals surface area (Å²) >= 11 is 0. The molecule has 2 fully saturated rings. The second kappa shape index (κ2) is 9.22. The Morgan fingerprint density at radius 1 is 1.07 bits per heavy atom. The molecule has 2 aliphatic heterocycles. The third-order valence-electron chi connectivity index (χ3n) is 5.77. The molecule has 2 aliphatic rings. The van der Waals surface area contributed by atoms with E-state index in [4.69, 9.17) is 0 Å². The molecule has 0 radical (unpaired) electrons. The van der Waals surface area contributed by atoms with Gasteiger partial charge in [-0.25, -0.2) is 0 Å². The Labute approximate surface area is 162 Å². The lowest BCUT2D eigenvalue weighted by atomic mass is 9.96. The van der Waals surface area contributed by atoms with E-state index >= 15 is 0 Å². The summed E-state index contributed by atoms with van der Waals surface area (Å²) in [5.74, 6) is 0.0455. The molecule has 1 aromatic rings. The molecule has 6 nitrogen and oxygen atoms in total. The molecule has 1 atom stereocenters. The van der Waals surface area contributed by atoms with Crippen molar-refractivity contribution >= 4 is 23.2 Å². The predicted molar refractivity (Wildman–Crippen MR) is 109 cm³/mol. The summed E-state index contributed by atoms with van der Waals surface area (Å²) < 4.78 is 0. The lowest BCUT2D eigenvalue weighted by Crippen LogP contribution is -2.46. The Morgan fingerprint density at radius 3 is 2.52 bits per heavy atom. The first-order valence-corrected chi connectivity index (χ1v) is 10.3. The van der Waals surface area contributed by atoms with Crippen LogP contribution in [0, 0.1) is 5.92 Å². The van der Waals surface area contributed by atoms with Gasteiger partial charge in [0.25, 0.3) is 0 Å². The highest BCUT2D eigenvalue weighted by atomic mass is 16.2. The van der Waals surface area contributed by atoms with Crippen LogP contribution < -0.4 is 10.2 Å². The summed E-state index contributed by atoms with van der Waals surface area (Å²) in [7, 11) is 0. The molecule has 0 bridgehead atoms. The monoisotopic (exact) mass is 372 g/mol. The summed E-state index contributed by atoms with van der Waals surface area (Å²) in [5, 5.41) is 3.15. The van der Waals surface area contributed by atoms with E-state index in [2.05, 4.69) is 28.1 Å². The van der Waals surface area contributed by atoms with Gasteiger partial charge in [-0.15, -0.1) is 0 Å². The van der Waals surface area contributed by atoms with Gasteiger partial charge in [0.2, 0.25) is 11.8 Å². The van der Waals surface area contributed by atoms with Crippen molar-refractivity contribution in [2.75, 3.05) is 56.0 Å². The second-order valence-corrected chi connectivity index (χ2v) is 7.46. The number of rotatable bonds is 5. The number of hydrogen-bond donors (Lipinski definition) is 1. The number of anilines is 2. The first kappa shape index (κ1) is 19.7. The Kier molecular flexibility index (Phi) is 6.72. The molecule has 0 saturated carbocycles. The van der Waals surface area contributed by atoms with Crippen LogP contribution in [0.15, 0.2) is 24.3 Å². The van der Waals surface area contributed by atoms with Gasteiger partial charge in [-0.3, -0.25) is 9.59 Å². The van der Waals surface area contributed by atoms with Gasteiger partial charge in [0.15, 0.2) is 0 Å². The van der Waals surface area contributed by atoms with E-state index in [1.165, 1.54) is 0 Å². The van der Waals surface area contributed by atoms with Crippen LogP contribution in [0.25, 0.3) is 0 Å². The smallest absolute Gasteiger partial charge is 0.229 e. The van der Waals surface area contributed by atoms with Gasteiger partial charge < -0.3 is 20.0 Å². The standard InChI is InChI=1S/C21H32N4O2/c1-3-20(26)25-11-7-8-17(16-25)21(27)22-18-9-5-6-10-19(18)24-14-12-23(4-2)13-15-24/h5-6,9-10,17H,3-4,7-8,11-16H2,1-2H3,(H,22,27). The number of amides is 2. The van der Waals surface area contributed by atoms with Crippen LogP contribution >= 0.6 is 0 Å². The number of carbonyl (C=O) groups is 2. The fourth-order valence-corrected chi connectivity index (χ4v) is 4.04. The SMILES string of the molecule is CCC(=O)N1CCCC(C(=O)Nc2ccccc2N2CCN(CC)CC2)C1. The first-order chi connectivity index (χ1) is 13.1. The van der Waals surface area contributed by atoms with Crippen molar-refractivity contribution in [1.82, 2.24) is 9.80 Å². The lowest BCUT2D eigenvalue weighted by Gasteiger charge is -2.36. The van der Waals surface area contributed by atoms with Crippen LogP contribution in [0.4, 0.5) is 11.4 Å². The highest BCUT2D eigenvalue weighted by molar-refractivity contribution is 5.96. The zero-order valence-electron chi connectivity index (χ0n) is 16.6.